The number of nitrogens with two attached hydrogens (primary N) is 1. The Kier molecular flexibility index (Phi) is 4.39. The van der Waals surface area contributed by atoms with Gasteiger partial charge in [0.25, 0.3) is 0 Å². The molecule has 0 fully saturated rings. The van der Waals surface area contributed by atoms with Crippen LogP contribution in [0.25, 0.3) is 0 Å². The summed E-state index contributed by atoms with van der Waals surface area (Å²) in [5.74, 6) is 1.44. The summed E-state index contributed by atoms with van der Waals surface area (Å²) < 4.78 is 7.58. The molecule has 2 rings (SSSR count). The first-order chi connectivity index (χ1) is 9.22. The van der Waals surface area contributed by atoms with Crippen LogP contribution in [0.15, 0.2) is 24.3 Å². The Morgan fingerprint density at radius 2 is 2.11 bits per heavy atom. The first-order valence-corrected chi connectivity index (χ1v) is 6.58. The molecule has 0 spiro atoms. The standard InChI is InChI=1S/C14H20N4O/c1-3-6-12-14(15)16-17-18(12)9-10-19-13-8-5-4-7-11(13)2/h4-5,7-8H,3,6,9-10,15H2,1-2H3. The number of aryl methyl sites for hydroxylation is 1. The van der Waals surface area contributed by atoms with Gasteiger partial charge in [0.15, 0.2) is 5.82 Å². The van der Waals surface area contributed by atoms with Crippen molar-refractivity contribution in [2.24, 2.45) is 0 Å². The van der Waals surface area contributed by atoms with E-state index in [2.05, 4.69) is 17.2 Å². The molecule has 0 atom stereocenters. The van der Waals surface area contributed by atoms with E-state index in [9.17, 15) is 0 Å². The number of ether oxygens (including phenoxy) is 1. The highest BCUT2D eigenvalue weighted by Gasteiger charge is 2.09. The quantitative estimate of drug-likeness (QED) is 0.864. The lowest BCUT2D eigenvalue weighted by atomic mass is 10.2. The Labute approximate surface area is 113 Å². The monoisotopic (exact) mass is 260 g/mol. The Morgan fingerprint density at radius 3 is 2.84 bits per heavy atom. The van der Waals surface area contributed by atoms with Gasteiger partial charge >= 0.3 is 0 Å². The molecule has 0 bridgehead atoms. The molecule has 1 aromatic carbocycles. The zero-order valence-electron chi connectivity index (χ0n) is 11.5. The number of rotatable bonds is 6. The minimum Gasteiger partial charge on any atom is -0.491 e. The van der Waals surface area contributed by atoms with Crippen molar-refractivity contribution < 1.29 is 4.74 Å². The van der Waals surface area contributed by atoms with Crippen LogP contribution in [-0.2, 0) is 13.0 Å². The first-order valence-electron chi connectivity index (χ1n) is 6.58. The Morgan fingerprint density at radius 1 is 1.32 bits per heavy atom. The number of benzene rings is 1. The summed E-state index contributed by atoms with van der Waals surface area (Å²) in [5, 5.41) is 7.96. The second kappa shape index (κ2) is 6.22. The Bertz CT molecular complexity index is 536. The van der Waals surface area contributed by atoms with Crippen LogP contribution in [0.1, 0.15) is 24.6 Å². The molecule has 1 aromatic heterocycles. The second-order valence-corrected chi connectivity index (χ2v) is 4.51. The van der Waals surface area contributed by atoms with Gasteiger partial charge < -0.3 is 10.5 Å². The van der Waals surface area contributed by atoms with Gasteiger partial charge in [0.2, 0.25) is 0 Å². The summed E-state index contributed by atoms with van der Waals surface area (Å²) in [5.41, 5.74) is 7.93. The first kappa shape index (κ1) is 13.4. The molecular weight excluding hydrogens is 240 g/mol. The number of nitrogens with zero attached hydrogens (tertiary/aromatic N) is 3. The third kappa shape index (κ3) is 3.24. The molecule has 0 aliphatic rings. The second-order valence-electron chi connectivity index (χ2n) is 4.51. The van der Waals surface area contributed by atoms with Crippen molar-refractivity contribution in [2.45, 2.75) is 33.2 Å². The van der Waals surface area contributed by atoms with Crippen LogP contribution >= 0.6 is 0 Å². The van der Waals surface area contributed by atoms with Gasteiger partial charge in [0.05, 0.1) is 12.2 Å². The van der Waals surface area contributed by atoms with Crippen LogP contribution in [0.2, 0.25) is 0 Å². The maximum Gasteiger partial charge on any atom is 0.169 e. The summed E-state index contributed by atoms with van der Waals surface area (Å²) in [6.45, 7) is 5.37. The fraction of sp³-hybridized carbons (Fsp3) is 0.429. The summed E-state index contributed by atoms with van der Waals surface area (Å²) in [6.07, 6.45) is 1.92. The normalized spacial score (nSPS) is 10.6. The van der Waals surface area contributed by atoms with Crippen molar-refractivity contribution in [3.05, 3.63) is 35.5 Å². The topological polar surface area (TPSA) is 66.0 Å². The number of hydrogen-bond acceptors (Lipinski definition) is 4. The third-order valence-corrected chi connectivity index (χ3v) is 3.01. The minimum absolute atomic E-state index is 0.526. The minimum atomic E-state index is 0.526. The van der Waals surface area contributed by atoms with Gasteiger partial charge in [-0.1, -0.05) is 36.8 Å². The molecule has 0 saturated heterocycles. The smallest absolute Gasteiger partial charge is 0.169 e. The van der Waals surface area contributed by atoms with Gasteiger partial charge in [-0.25, -0.2) is 4.68 Å². The zero-order chi connectivity index (χ0) is 13.7. The van der Waals surface area contributed by atoms with E-state index in [0.717, 1.165) is 29.8 Å². The van der Waals surface area contributed by atoms with Crippen LogP contribution in [0.5, 0.6) is 5.75 Å². The highest BCUT2D eigenvalue weighted by atomic mass is 16.5. The van der Waals surface area contributed by atoms with Crippen molar-refractivity contribution in [1.29, 1.82) is 0 Å². The Balaban J connectivity index is 1.94. The average molecular weight is 260 g/mol. The van der Waals surface area contributed by atoms with Crippen molar-refractivity contribution in [1.82, 2.24) is 15.0 Å². The van der Waals surface area contributed by atoms with Crippen molar-refractivity contribution in [2.75, 3.05) is 12.3 Å². The van der Waals surface area contributed by atoms with Crippen LogP contribution < -0.4 is 10.5 Å². The molecule has 0 aliphatic carbocycles. The maximum absolute atomic E-state index is 5.80. The van der Waals surface area contributed by atoms with Gasteiger partial charge in [-0.05, 0) is 25.0 Å². The predicted molar refractivity (Wildman–Crippen MR) is 75.1 cm³/mol. The Hall–Kier alpha value is -2.04. The van der Waals surface area contributed by atoms with Crippen LogP contribution in [-0.4, -0.2) is 21.6 Å². The van der Waals surface area contributed by atoms with E-state index in [-0.39, 0.29) is 0 Å². The van der Waals surface area contributed by atoms with E-state index in [1.54, 1.807) is 0 Å². The molecule has 102 valence electrons. The SMILES string of the molecule is CCCc1c(N)nnn1CCOc1ccccc1C. The molecule has 0 amide bonds. The molecule has 2 aromatic rings. The van der Waals surface area contributed by atoms with Gasteiger partial charge in [0.1, 0.15) is 12.4 Å². The van der Waals surface area contributed by atoms with Crippen LogP contribution in [0.4, 0.5) is 5.82 Å². The summed E-state index contributed by atoms with van der Waals surface area (Å²) >= 11 is 0. The van der Waals surface area contributed by atoms with Crippen molar-refractivity contribution in [3.63, 3.8) is 0 Å². The van der Waals surface area contributed by atoms with Crippen LogP contribution in [0.3, 0.4) is 0 Å². The van der Waals surface area contributed by atoms with Gasteiger partial charge in [0, 0.05) is 0 Å². The number of hydrogen-bond donors (Lipinski definition) is 1. The number of nitrogen functional groups attached to an aromatic ring is 1. The molecule has 0 aliphatic heterocycles. The molecular formula is C14H20N4O. The van der Waals surface area contributed by atoms with Crippen LogP contribution in [0, 0.1) is 6.92 Å². The molecule has 0 radical (unpaired) electrons. The fourth-order valence-electron chi connectivity index (χ4n) is 1.98. The highest BCUT2D eigenvalue weighted by molar-refractivity contribution is 5.33. The molecule has 0 saturated carbocycles. The van der Waals surface area contributed by atoms with E-state index in [4.69, 9.17) is 10.5 Å². The van der Waals surface area contributed by atoms with Crippen molar-refractivity contribution >= 4 is 5.82 Å². The molecule has 2 N–H and O–H groups in total. The van der Waals surface area contributed by atoms with Crippen molar-refractivity contribution in [3.8, 4) is 5.75 Å². The van der Waals surface area contributed by atoms with E-state index in [1.807, 2.05) is 35.9 Å². The summed E-state index contributed by atoms with van der Waals surface area (Å²) in [7, 11) is 0. The summed E-state index contributed by atoms with van der Waals surface area (Å²) in [4.78, 5) is 0. The number of anilines is 1. The van der Waals surface area contributed by atoms with E-state index in [0.29, 0.717) is 19.0 Å². The lowest BCUT2D eigenvalue weighted by molar-refractivity contribution is 0.285. The molecule has 0 unspecified atom stereocenters. The maximum atomic E-state index is 5.80. The zero-order valence-corrected chi connectivity index (χ0v) is 11.5. The van der Waals surface area contributed by atoms with Gasteiger partial charge in [-0.2, -0.15) is 0 Å². The summed E-state index contributed by atoms with van der Waals surface area (Å²) in [6, 6.07) is 7.97. The highest BCUT2D eigenvalue weighted by Crippen LogP contribution is 2.16. The molecule has 19 heavy (non-hydrogen) atoms. The van der Waals surface area contributed by atoms with E-state index in [1.165, 1.54) is 0 Å². The van der Waals surface area contributed by atoms with E-state index < -0.39 is 0 Å². The molecule has 5 nitrogen and oxygen atoms in total. The number of aromatic nitrogens is 3. The lowest BCUT2D eigenvalue weighted by Gasteiger charge is -2.10. The molecule has 1 heterocycles. The van der Waals surface area contributed by atoms with Gasteiger partial charge in [-0.3, -0.25) is 0 Å². The van der Waals surface area contributed by atoms with E-state index >= 15 is 0 Å². The fourth-order valence-corrected chi connectivity index (χ4v) is 1.98. The lowest BCUT2D eigenvalue weighted by Crippen LogP contribution is -2.13. The third-order valence-electron chi connectivity index (χ3n) is 3.01. The number of para-hydroxylation sites is 1. The molecule has 5 heteroatoms. The largest absolute Gasteiger partial charge is 0.491 e. The average Bonchev–Trinajstić information content (AvgIpc) is 2.74. The van der Waals surface area contributed by atoms with Gasteiger partial charge in [-0.15, -0.1) is 5.10 Å². The predicted octanol–water partition coefficient (Wildman–Crippen LogP) is 2.20.